The van der Waals surface area contributed by atoms with Crippen LogP contribution in [0.25, 0.3) is 10.4 Å². The minimum atomic E-state index is -0.218. The van der Waals surface area contributed by atoms with Gasteiger partial charge in [-0.15, -0.1) is 23.7 Å². The van der Waals surface area contributed by atoms with E-state index in [0.29, 0.717) is 24.3 Å². The molecule has 0 saturated carbocycles. The number of rotatable bonds is 7. The molecule has 140 valence electrons. The molecule has 5 nitrogen and oxygen atoms in total. The molecule has 0 amide bonds. The SMILES string of the molecule is CC(C)N(Cc1noc(CN)n1)Cc1ccc(-c2cccc(F)c2)s1.Cl. The van der Waals surface area contributed by atoms with Gasteiger partial charge >= 0.3 is 0 Å². The highest BCUT2D eigenvalue weighted by Gasteiger charge is 2.16. The first-order valence-corrected chi connectivity index (χ1v) is 8.97. The Morgan fingerprint density at radius 1 is 1.23 bits per heavy atom. The number of benzene rings is 1. The van der Waals surface area contributed by atoms with E-state index in [1.165, 1.54) is 10.9 Å². The van der Waals surface area contributed by atoms with Crippen molar-refractivity contribution in [1.29, 1.82) is 0 Å². The Morgan fingerprint density at radius 2 is 2.04 bits per heavy atom. The van der Waals surface area contributed by atoms with Crippen molar-refractivity contribution in [2.75, 3.05) is 0 Å². The van der Waals surface area contributed by atoms with Crippen molar-refractivity contribution in [2.45, 2.75) is 39.5 Å². The van der Waals surface area contributed by atoms with Crippen molar-refractivity contribution in [2.24, 2.45) is 5.73 Å². The van der Waals surface area contributed by atoms with Gasteiger partial charge in [0.25, 0.3) is 0 Å². The van der Waals surface area contributed by atoms with E-state index >= 15 is 0 Å². The summed E-state index contributed by atoms with van der Waals surface area (Å²) in [5.41, 5.74) is 6.41. The molecular weight excluding hydrogens is 375 g/mol. The molecular formula is C18H22ClFN4OS. The molecule has 0 unspecified atom stereocenters. The zero-order valence-electron chi connectivity index (χ0n) is 14.7. The zero-order valence-corrected chi connectivity index (χ0v) is 16.3. The molecule has 0 fully saturated rings. The average Bonchev–Trinajstić information content (AvgIpc) is 3.23. The summed E-state index contributed by atoms with van der Waals surface area (Å²) in [5, 5.41) is 3.97. The predicted molar refractivity (Wildman–Crippen MR) is 104 cm³/mol. The average molecular weight is 397 g/mol. The molecule has 0 aliphatic rings. The Morgan fingerprint density at radius 3 is 2.69 bits per heavy atom. The zero-order chi connectivity index (χ0) is 17.8. The first kappa shape index (κ1) is 20.5. The van der Waals surface area contributed by atoms with Crippen LogP contribution >= 0.6 is 23.7 Å². The molecule has 3 aromatic rings. The fourth-order valence-electron chi connectivity index (χ4n) is 2.50. The summed E-state index contributed by atoms with van der Waals surface area (Å²) in [5.74, 6) is 0.864. The largest absolute Gasteiger partial charge is 0.338 e. The Balaban J connectivity index is 0.00000243. The van der Waals surface area contributed by atoms with Gasteiger partial charge in [-0.1, -0.05) is 17.3 Å². The number of nitrogens with two attached hydrogens (primary N) is 1. The smallest absolute Gasteiger partial charge is 0.240 e. The molecule has 0 bridgehead atoms. The van der Waals surface area contributed by atoms with Crippen LogP contribution < -0.4 is 5.73 Å². The van der Waals surface area contributed by atoms with Crippen LogP contribution in [-0.2, 0) is 19.6 Å². The number of aromatic nitrogens is 2. The van der Waals surface area contributed by atoms with Crippen LogP contribution in [0.1, 0.15) is 30.4 Å². The highest BCUT2D eigenvalue weighted by atomic mass is 35.5. The Labute approximate surface area is 162 Å². The van der Waals surface area contributed by atoms with Gasteiger partial charge in [0.2, 0.25) is 5.89 Å². The van der Waals surface area contributed by atoms with Crippen molar-refractivity contribution in [1.82, 2.24) is 15.0 Å². The number of nitrogens with zero attached hydrogens (tertiary/aromatic N) is 3. The number of halogens is 2. The fraction of sp³-hybridized carbons (Fsp3) is 0.333. The first-order valence-electron chi connectivity index (χ1n) is 8.15. The molecule has 8 heteroatoms. The van der Waals surface area contributed by atoms with E-state index in [4.69, 9.17) is 10.3 Å². The van der Waals surface area contributed by atoms with Gasteiger partial charge in [-0.3, -0.25) is 4.90 Å². The molecule has 1 aromatic carbocycles. The van der Waals surface area contributed by atoms with Gasteiger partial charge in [-0.05, 0) is 43.7 Å². The van der Waals surface area contributed by atoms with Crippen molar-refractivity contribution < 1.29 is 8.91 Å². The molecule has 2 heterocycles. The van der Waals surface area contributed by atoms with Gasteiger partial charge in [0, 0.05) is 22.3 Å². The molecule has 0 radical (unpaired) electrons. The summed E-state index contributed by atoms with van der Waals surface area (Å²) in [7, 11) is 0. The summed E-state index contributed by atoms with van der Waals surface area (Å²) in [6, 6.07) is 11.1. The lowest BCUT2D eigenvalue weighted by Gasteiger charge is -2.24. The Kier molecular flexibility index (Phi) is 7.28. The minimum Gasteiger partial charge on any atom is -0.338 e. The van der Waals surface area contributed by atoms with Crippen LogP contribution in [-0.4, -0.2) is 21.1 Å². The molecule has 3 rings (SSSR count). The number of hydrogen-bond acceptors (Lipinski definition) is 6. The van der Waals surface area contributed by atoms with Crippen molar-refractivity contribution in [3.8, 4) is 10.4 Å². The molecule has 0 saturated heterocycles. The molecule has 0 aliphatic carbocycles. The molecule has 0 spiro atoms. The van der Waals surface area contributed by atoms with Crippen LogP contribution in [0.2, 0.25) is 0 Å². The third kappa shape index (κ3) is 5.11. The molecule has 0 aliphatic heterocycles. The maximum absolute atomic E-state index is 13.4. The second kappa shape index (κ2) is 9.23. The van der Waals surface area contributed by atoms with Gasteiger partial charge in [-0.2, -0.15) is 4.98 Å². The second-order valence-corrected chi connectivity index (χ2v) is 7.25. The summed E-state index contributed by atoms with van der Waals surface area (Å²) in [6.07, 6.45) is 0. The van der Waals surface area contributed by atoms with E-state index in [9.17, 15) is 4.39 Å². The normalized spacial score (nSPS) is 11.2. The van der Waals surface area contributed by atoms with Gasteiger partial charge in [0.1, 0.15) is 5.82 Å². The second-order valence-electron chi connectivity index (χ2n) is 6.08. The monoisotopic (exact) mass is 396 g/mol. The van der Waals surface area contributed by atoms with Gasteiger partial charge in [-0.25, -0.2) is 4.39 Å². The standard InChI is InChI=1S/C18H21FN4OS.ClH/c1-12(2)23(11-17-21-18(9-20)24-22-17)10-15-6-7-16(25-15)13-4-3-5-14(19)8-13;/h3-8,12H,9-11,20H2,1-2H3;1H. The van der Waals surface area contributed by atoms with E-state index in [1.54, 1.807) is 23.5 Å². The number of hydrogen-bond donors (Lipinski definition) is 1. The van der Waals surface area contributed by atoms with Crippen LogP contribution in [0, 0.1) is 5.82 Å². The predicted octanol–water partition coefficient (Wildman–Crippen LogP) is 4.23. The Hall–Kier alpha value is -1.80. The molecule has 0 atom stereocenters. The number of thiophene rings is 1. The van der Waals surface area contributed by atoms with Gasteiger partial charge in [0.05, 0.1) is 13.1 Å². The first-order chi connectivity index (χ1) is 12.0. The maximum atomic E-state index is 13.4. The topological polar surface area (TPSA) is 68.2 Å². The van der Waals surface area contributed by atoms with Crippen LogP contribution in [0.5, 0.6) is 0 Å². The summed E-state index contributed by atoms with van der Waals surface area (Å²) in [4.78, 5) is 8.79. The molecule has 26 heavy (non-hydrogen) atoms. The Bertz CT molecular complexity index is 836. The molecule has 2 N–H and O–H groups in total. The summed E-state index contributed by atoms with van der Waals surface area (Å²) >= 11 is 1.67. The van der Waals surface area contributed by atoms with Crippen molar-refractivity contribution in [3.05, 3.63) is 58.8 Å². The van der Waals surface area contributed by atoms with Crippen LogP contribution in [0.3, 0.4) is 0 Å². The van der Waals surface area contributed by atoms with Gasteiger partial charge in [0.15, 0.2) is 5.82 Å². The highest BCUT2D eigenvalue weighted by molar-refractivity contribution is 7.15. The van der Waals surface area contributed by atoms with E-state index in [2.05, 4.69) is 35.0 Å². The molecule has 2 aromatic heterocycles. The quantitative estimate of drug-likeness (QED) is 0.647. The highest BCUT2D eigenvalue weighted by Crippen LogP contribution is 2.29. The third-order valence-corrected chi connectivity index (χ3v) is 5.01. The minimum absolute atomic E-state index is 0. The van der Waals surface area contributed by atoms with E-state index in [0.717, 1.165) is 17.0 Å². The van der Waals surface area contributed by atoms with E-state index in [-0.39, 0.29) is 24.8 Å². The lowest BCUT2D eigenvalue weighted by atomic mass is 10.2. The van der Waals surface area contributed by atoms with Crippen molar-refractivity contribution in [3.63, 3.8) is 0 Å². The van der Waals surface area contributed by atoms with Crippen LogP contribution in [0.4, 0.5) is 4.39 Å². The fourth-order valence-corrected chi connectivity index (χ4v) is 3.53. The van der Waals surface area contributed by atoms with Crippen LogP contribution in [0.15, 0.2) is 40.9 Å². The summed E-state index contributed by atoms with van der Waals surface area (Å²) < 4.78 is 18.5. The van der Waals surface area contributed by atoms with Gasteiger partial charge < -0.3 is 10.3 Å². The summed E-state index contributed by atoms with van der Waals surface area (Å²) in [6.45, 7) is 5.87. The third-order valence-electron chi connectivity index (χ3n) is 3.89. The lowest BCUT2D eigenvalue weighted by Crippen LogP contribution is -2.30. The van der Waals surface area contributed by atoms with E-state index < -0.39 is 0 Å². The van der Waals surface area contributed by atoms with E-state index in [1.807, 2.05) is 12.1 Å². The maximum Gasteiger partial charge on any atom is 0.240 e. The lowest BCUT2D eigenvalue weighted by molar-refractivity contribution is 0.197. The van der Waals surface area contributed by atoms with Crippen molar-refractivity contribution >= 4 is 23.7 Å².